The molecule has 0 spiro atoms. The standard InChI is InChI=1S/C7H7BrN/c1-5-6(8)3-2-4-7(5)9/h2-4H,1,9H2. The highest BCUT2D eigenvalue weighted by Gasteiger charge is 1.94. The van der Waals surface area contributed by atoms with E-state index in [0.717, 1.165) is 15.7 Å². The van der Waals surface area contributed by atoms with Gasteiger partial charge in [0.25, 0.3) is 0 Å². The van der Waals surface area contributed by atoms with Gasteiger partial charge in [-0.1, -0.05) is 22.0 Å². The lowest BCUT2D eigenvalue weighted by atomic mass is 10.2. The second-order valence-electron chi connectivity index (χ2n) is 1.81. The van der Waals surface area contributed by atoms with Gasteiger partial charge in [-0.25, -0.2) is 0 Å². The minimum atomic E-state index is 0.726. The maximum Gasteiger partial charge on any atom is 0.0358 e. The van der Waals surface area contributed by atoms with Crippen molar-refractivity contribution in [1.82, 2.24) is 0 Å². The average Bonchev–Trinajstić information content (AvgIpc) is 1.83. The van der Waals surface area contributed by atoms with Crippen LogP contribution in [0.3, 0.4) is 0 Å². The molecule has 0 aliphatic heterocycles. The van der Waals surface area contributed by atoms with Gasteiger partial charge in [-0.15, -0.1) is 0 Å². The van der Waals surface area contributed by atoms with Crippen LogP contribution in [-0.2, 0) is 0 Å². The molecule has 1 radical (unpaired) electrons. The Morgan fingerprint density at radius 3 is 2.56 bits per heavy atom. The molecular weight excluding hydrogens is 178 g/mol. The molecule has 0 bridgehead atoms. The highest BCUT2D eigenvalue weighted by molar-refractivity contribution is 9.10. The lowest BCUT2D eigenvalue weighted by molar-refractivity contribution is 1.55. The van der Waals surface area contributed by atoms with Gasteiger partial charge in [0, 0.05) is 10.2 Å². The molecule has 0 unspecified atom stereocenters. The monoisotopic (exact) mass is 184 g/mol. The van der Waals surface area contributed by atoms with Crippen LogP contribution in [0, 0.1) is 6.92 Å². The molecule has 2 heteroatoms. The summed E-state index contributed by atoms with van der Waals surface area (Å²) in [6, 6.07) is 5.62. The topological polar surface area (TPSA) is 26.0 Å². The van der Waals surface area contributed by atoms with Gasteiger partial charge in [0.05, 0.1) is 0 Å². The predicted octanol–water partition coefficient (Wildman–Crippen LogP) is 2.21. The zero-order chi connectivity index (χ0) is 6.85. The van der Waals surface area contributed by atoms with Crippen LogP contribution in [0.1, 0.15) is 5.56 Å². The van der Waals surface area contributed by atoms with Crippen LogP contribution in [0.25, 0.3) is 0 Å². The van der Waals surface area contributed by atoms with E-state index in [1.165, 1.54) is 0 Å². The van der Waals surface area contributed by atoms with E-state index in [0.29, 0.717) is 0 Å². The molecule has 9 heavy (non-hydrogen) atoms. The van der Waals surface area contributed by atoms with Gasteiger partial charge in [-0.05, 0) is 24.6 Å². The Bertz CT molecular complexity index is 200. The van der Waals surface area contributed by atoms with Crippen LogP contribution < -0.4 is 5.73 Å². The lowest BCUT2D eigenvalue weighted by Crippen LogP contribution is -1.88. The molecule has 0 heterocycles. The summed E-state index contributed by atoms with van der Waals surface area (Å²) < 4.78 is 0.961. The smallest absolute Gasteiger partial charge is 0.0358 e. The minimum absolute atomic E-state index is 0.726. The Morgan fingerprint density at radius 1 is 1.44 bits per heavy atom. The fourth-order valence-corrected chi connectivity index (χ4v) is 0.957. The van der Waals surface area contributed by atoms with Gasteiger partial charge in [-0.2, -0.15) is 0 Å². The van der Waals surface area contributed by atoms with E-state index >= 15 is 0 Å². The fourth-order valence-electron chi connectivity index (χ4n) is 0.575. The SMILES string of the molecule is [CH2]c1c(N)cccc1Br. The van der Waals surface area contributed by atoms with Crippen LogP contribution in [0.4, 0.5) is 5.69 Å². The van der Waals surface area contributed by atoms with Gasteiger partial charge in [0.1, 0.15) is 0 Å². The molecule has 0 aliphatic carbocycles. The van der Waals surface area contributed by atoms with E-state index < -0.39 is 0 Å². The molecule has 0 aromatic heterocycles. The number of halogens is 1. The summed E-state index contributed by atoms with van der Waals surface area (Å²) in [6.45, 7) is 3.75. The van der Waals surface area contributed by atoms with E-state index in [1.54, 1.807) is 0 Å². The van der Waals surface area contributed by atoms with E-state index in [4.69, 9.17) is 5.73 Å². The van der Waals surface area contributed by atoms with Crippen molar-refractivity contribution >= 4 is 21.6 Å². The molecule has 1 aromatic carbocycles. The third-order valence-corrected chi connectivity index (χ3v) is 1.90. The number of hydrogen-bond donors (Lipinski definition) is 1. The van der Waals surface area contributed by atoms with Crippen molar-refractivity contribution in [2.75, 3.05) is 5.73 Å². The maximum atomic E-state index is 5.53. The first-order chi connectivity index (χ1) is 4.22. The summed E-state index contributed by atoms with van der Waals surface area (Å²) in [6.07, 6.45) is 0. The molecule has 0 fully saturated rings. The Morgan fingerprint density at radius 2 is 2.11 bits per heavy atom. The Hall–Kier alpha value is -0.500. The zero-order valence-corrected chi connectivity index (χ0v) is 6.48. The van der Waals surface area contributed by atoms with E-state index in [9.17, 15) is 0 Å². The molecule has 1 nitrogen and oxygen atoms in total. The minimum Gasteiger partial charge on any atom is -0.398 e. The summed E-state index contributed by atoms with van der Waals surface area (Å²) in [5.74, 6) is 0. The van der Waals surface area contributed by atoms with Crippen molar-refractivity contribution < 1.29 is 0 Å². The molecular formula is C7H7BrN. The molecule has 0 aliphatic rings. The van der Waals surface area contributed by atoms with Crippen molar-refractivity contribution in [3.8, 4) is 0 Å². The quantitative estimate of drug-likeness (QED) is 0.616. The summed E-state index contributed by atoms with van der Waals surface area (Å²) in [5.41, 5.74) is 7.11. The van der Waals surface area contributed by atoms with Gasteiger partial charge in [0.2, 0.25) is 0 Å². The Labute approximate surface area is 63.0 Å². The average molecular weight is 185 g/mol. The summed E-state index contributed by atoms with van der Waals surface area (Å²) in [5, 5.41) is 0. The summed E-state index contributed by atoms with van der Waals surface area (Å²) in [7, 11) is 0. The van der Waals surface area contributed by atoms with E-state index in [2.05, 4.69) is 22.9 Å². The van der Waals surface area contributed by atoms with Crippen molar-refractivity contribution in [2.24, 2.45) is 0 Å². The first-order valence-electron chi connectivity index (χ1n) is 2.58. The highest BCUT2D eigenvalue weighted by Crippen LogP contribution is 2.20. The van der Waals surface area contributed by atoms with Gasteiger partial charge < -0.3 is 5.73 Å². The number of hydrogen-bond acceptors (Lipinski definition) is 1. The van der Waals surface area contributed by atoms with E-state index in [1.807, 2.05) is 18.2 Å². The van der Waals surface area contributed by atoms with Crippen LogP contribution in [-0.4, -0.2) is 0 Å². The molecule has 1 rings (SSSR count). The Balaban J connectivity index is 3.25. The fraction of sp³-hybridized carbons (Fsp3) is 0. The number of nitrogen functional groups attached to an aromatic ring is 1. The number of anilines is 1. The third kappa shape index (κ3) is 1.24. The first-order valence-corrected chi connectivity index (χ1v) is 3.37. The van der Waals surface area contributed by atoms with Gasteiger partial charge >= 0.3 is 0 Å². The van der Waals surface area contributed by atoms with Crippen LogP contribution >= 0.6 is 15.9 Å². The van der Waals surface area contributed by atoms with E-state index in [-0.39, 0.29) is 0 Å². The molecule has 0 saturated heterocycles. The van der Waals surface area contributed by atoms with Crippen LogP contribution in [0.2, 0.25) is 0 Å². The Kier molecular flexibility index (Phi) is 1.76. The number of rotatable bonds is 0. The van der Waals surface area contributed by atoms with Crippen LogP contribution in [0.15, 0.2) is 22.7 Å². The normalized spacial score (nSPS) is 9.56. The number of benzene rings is 1. The largest absolute Gasteiger partial charge is 0.398 e. The van der Waals surface area contributed by atoms with Crippen LogP contribution in [0.5, 0.6) is 0 Å². The maximum absolute atomic E-state index is 5.53. The molecule has 2 N–H and O–H groups in total. The summed E-state index contributed by atoms with van der Waals surface area (Å²) >= 11 is 3.30. The van der Waals surface area contributed by atoms with Crippen molar-refractivity contribution in [2.45, 2.75) is 0 Å². The molecule has 0 atom stereocenters. The molecule has 47 valence electrons. The molecule has 0 saturated carbocycles. The summed E-state index contributed by atoms with van der Waals surface area (Å²) in [4.78, 5) is 0. The van der Waals surface area contributed by atoms with Crippen molar-refractivity contribution in [3.63, 3.8) is 0 Å². The second kappa shape index (κ2) is 2.40. The lowest BCUT2D eigenvalue weighted by Gasteiger charge is -1.99. The highest BCUT2D eigenvalue weighted by atomic mass is 79.9. The number of nitrogens with two attached hydrogens (primary N) is 1. The molecule has 1 aromatic rings. The van der Waals surface area contributed by atoms with Crippen molar-refractivity contribution in [3.05, 3.63) is 35.2 Å². The first kappa shape index (κ1) is 6.62. The zero-order valence-electron chi connectivity index (χ0n) is 4.89. The second-order valence-corrected chi connectivity index (χ2v) is 2.66. The van der Waals surface area contributed by atoms with Gasteiger partial charge in [-0.3, -0.25) is 0 Å². The predicted molar refractivity (Wildman–Crippen MR) is 43.0 cm³/mol. The molecule has 0 amide bonds. The van der Waals surface area contributed by atoms with Gasteiger partial charge in [0.15, 0.2) is 0 Å². The van der Waals surface area contributed by atoms with Crippen molar-refractivity contribution in [1.29, 1.82) is 0 Å². The third-order valence-electron chi connectivity index (χ3n) is 1.16.